The Bertz CT molecular complexity index is 4130. The van der Waals surface area contributed by atoms with Crippen molar-refractivity contribution in [3.8, 4) is 17.6 Å². The van der Waals surface area contributed by atoms with E-state index >= 15 is 0 Å². The number of anilines is 2. The van der Waals surface area contributed by atoms with Crippen LogP contribution in [0.15, 0.2) is 119 Å². The van der Waals surface area contributed by atoms with Crippen molar-refractivity contribution in [3.05, 3.63) is 148 Å². The van der Waals surface area contributed by atoms with E-state index in [2.05, 4.69) is 86.1 Å². The van der Waals surface area contributed by atoms with Crippen LogP contribution in [0, 0.1) is 11.8 Å². The Kier molecular flexibility index (Phi) is 20.3. The van der Waals surface area contributed by atoms with Crippen LogP contribution in [-0.2, 0) is 62.0 Å². The first kappa shape index (κ1) is 67.4. The lowest BCUT2D eigenvalue weighted by Crippen LogP contribution is -2.44. The average Bonchev–Trinajstić information content (AvgIpc) is 1.41. The lowest BCUT2D eigenvalue weighted by atomic mass is 9.75. The van der Waals surface area contributed by atoms with Gasteiger partial charge in [-0.1, -0.05) is 72.6 Å². The Morgan fingerprint density at radius 1 is 0.989 bits per heavy atom. The van der Waals surface area contributed by atoms with Crippen molar-refractivity contribution in [2.75, 3.05) is 42.6 Å². The van der Waals surface area contributed by atoms with Crippen LogP contribution in [0.4, 0.5) is 17.2 Å². The van der Waals surface area contributed by atoms with Gasteiger partial charge in [0, 0.05) is 83.9 Å². The Hall–Kier alpha value is -6.51. The summed E-state index contributed by atoms with van der Waals surface area (Å²) in [5, 5.41) is 13.3. The highest BCUT2D eigenvalue weighted by molar-refractivity contribution is 7.86. The van der Waals surface area contributed by atoms with Crippen LogP contribution in [-0.4, -0.2) is 126 Å². The maximum absolute atomic E-state index is 13.4. The first-order chi connectivity index (χ1) is 41.1. The summed E-state index contributed by atoms with van der Waals surface area (Å²) in [5.74, 6) is 5.27. The summed E-state index contributed by atoms with van der Waals surface area (Å²) in [6, 6.07) is 18.0. The lowest BCUT2D eigenvalue weighted by Gasteiger charge is -2.43. The third kappa shape index (κ3) is 16.5. The number of carbonyl (C=O) groups is 1. The van der Waals surface area contributed by atoms with E-state index < -0.39 is 96.4 Å². The first-order valence-corrected chi connectivity index (χ1v) is 34.7. The summed E-state index contributed by atoms with van der Waals surface area (Å²) in [7, 11) is -26.4. The molecule has 1 amide bonds. The number of allylic oxidation sites excluding steroid dienone is 8. The second-order valence-corrected chi connectivity index (χ2v) is 28.9. The van der Waals surface area contributed by atoms with E-state index in [-0.39, 0.29) is 62.1 Å². The number of aromatic nitrogens is 2. The molecule has 3 aromatic carbocycles. The van der Waals surface area contributed by atoms with Crippen LogP contribution in [0.2, 0.25) is 0 Å². The largest absolute Gasteiger partial charge is 0.748 e. The average molecular weight is 1320 g/mol. The van der Waals surface area contributed by atoms with Gasteiger partial charge in [0.05, 0.1) is 50.8 Å². The zero-order valence-electron chi connectivity index (χ0n) is 48.0. The minimum absolute atomic E-state index is 0.0195. The van der Waals surface area contributed by atoms with Gasteiger partial charge in [-0.3, -0.25) is 18.4 Å². The fourth-order valence-corrected chi connectivity index (χ4v) is 15.0. The number of aliphatic hydroxyl groups excluding tert-OH is 1. The zero-order chi connectivity index (χ0) is 64.4. The van der Waals surface area contributed by atoms with Crippen LogP contribution in [0.25, 0.3) is 16.9 Å². The molecule has 27 nitrogen and oxygen atoms in total. The molecule has 8 rings (SSSR count). The standard InChI is InChI=1S/C56H65N6O21P3S2/c1-6-62-45-31-48-42(30-41(45)36(2)33-55(62,3)4)38(28-47(80-48)37-16-9-7-10-17-37)18-11-8-12-20-50-56(5,43-29-40(88(76,77)78)22-23-44(43)60(50)26-15-27-87(73,74)75)24-13-21-51(64)58-25-14-19-39-34-61(54(65)59-53(39)57)52-32-46(63)49(81-52)35-79-85(69,70)83-86(71,72)82-84(66,67)68/h7-12,16-18,20,22-23,28-31,33-34,46,49,52,63H,6,13,15,21,24-27,32,35H2,1-5H3,(H8-,57,58,59,64,65,66,67,68,69,70,71,72,73,74,75,76,77,78)/t46-,49+,52+,56?/m0/s1. The zero-order valence-corrected chi connectivity index (χ0v) is 52.3. The van der Waals surface area contributed by atoms with Gasteiger partial charge in [0.2, 0.25) is 11.6 Å². The van der Waals surface area contributed by atoms with E-state index in [1.807, 2.05) is 55.5 Å². The number of hydrogen-bond acceptors (Lipinski definition) is 19. The van der Waals surface area contributed by atoms with Crippen molar-refractivity contribution in [1.29, 1.82) is 0 Å². The Morgan fingerprint density at radius 3 is 2.40 bits per heavy atom. The molecule has 0 saturated carbocycles. The molecule has 0 spiro atoms. The molecule has 4 aliphatic heterocycles. The highest BCUT2D eigenvalue weighted by Crippen LogP contribution is 2.66. The maximum Gasteiger partial charge on any atom is 0.490 e. The Labute approximate surface area is 507 Å². The van der Waals surface area contributed by atoms with Crippen molar-refractivity contribution in [2.45, 2.75) is 101 Å². The third-order valence-corrected chi connectivity index (χ3v) is 20.2. The molecule has 32 heteroatoms. The monoisotopic (exact) mass is 1310 g/mol. The smallest absolute Gasteiger partial charge is 0.490 e. The van der Waals surface area contributed by atoms with Crippen LogP contribution < -0.4 is 26.4 Å². The first-order valence-electron chi connectivity index (χ1n) is 27.2. The van der Waals surface area contributed by atoms with Crippen molar-refractivity contribution in [3.63, 3.8) is 0 Å². The number of likely N-dealkylation sites (N-methyl/N-ethyl adjacent to an activating group) is 1. The van der Waals surface area contributed by atoms with Gasteiger partial charge in [-0.15, -0.1) is 0 Å². The number of nitrogens with one attached hydrogen (secondary N) is 1. The van der Waals surface area contributed by atoms with E-state index in [0.717, 1.165) is 50.8 Å². The number of phosphoric acid groups is 3. The van der Waals surface area contributed by atoms with Gasteiger partial charge in [0.1, 0.15) is 36.2 Å². The van der Waals surface area contributed by atoms with Gasteiger partial charge in [-0.2, -0.15) is 26.6 Å². The minimum Gasteiger partial charge on any atom is -0.748 e. The van der Waals surface area contributed by atoms with Crippen molar-refractivity contribution in [2.24, 2.45) is 0 Å². The summed E-state index contributed by atoms with van der Waals surface area (Å²) < 4.78 is 133. The van der Waals surface area contributed by atoms with E-state index in [1.54, 1.807) is 22.8 Å². The second-order valence-electron chi connectivity index (χ2n) is 21.6. The molecule has 5 heterocycles. The summed E-state index contributed by atoms with van der Waals surface area (Å²) in [5.41, 5.74) is 11.1. The number of carbonyl (C=O) groups excluding carboxylic acids is 1. The van der Waals surface area contributed by atoms with Gasteiger partial charge < -0.3 is 54.7 Å². The molecule has 9 N–H and O–H groups in total. The van der Waals surface area contributed by atoms with Crippen molar-refractivity contribution >= 4 is 89.4 Å². The number of nitrogen functional groups attached to an aromatic ring is 1. The quantitative estimate of drug-likeness (QED) is 0.0132. The number of fused-ring (bicyclic) bond motifs is 3. The van der Waals surface area contributed by atoms with E-state index in [9.17, 15) is 64.1 Å². The number of nitrogens with zero attached hydrogens (tertiary/aromatic N) is 4. The van der Waals surface area contributed by atoms with E-state index in [4.69, 9.17) is 25.0 Å². The highest BCUT2D eigenvalue weighted by Gasteiger charge is 2.48. The minimum atomic E-state index is -5.83. The molecule has 0 radical (unpaired) electrons. The van der Waals surface area contributed by atoms with Crippen molar-refractivity contribution < 1.29 is 96.3 Å². The summed E-state index contributed by atoms with van der Waals surface area (Å²) in [4.78, 5) is 68.7. The molecule has 0 aliphatic carbocycles. The summed E-state index contributed by atoms with van der Waals surface area (Å²) >= 11 is 0. The van der Waals surface area contributed by atoms with Gasteiger partial charge >= 0.3 is 29.2 Å². The van der Waals surface area contributed by atoms with Gasteiger partial charge in [-0.25, -0.2) is 26.9 Å². The number of amides is 1. The molecular formula is C56H65N6O21P3S2. The molecule has 0 bridgehead atoms. The third-order valence-electron chi connectivity index (χ3n) is 14.8. The fourth-order valence-electron chi connectivity index (χ4n) is 11.0. The number of phosphoric ester groups is 1. The van der Waals surface area contributed by atoms with Crippen LogP contribution >= 0.6 is 23.5 Å². The van der Waals surface area contributed by atoms with Crippen LogP contribution in [0.1, 0.15) is 101 Å². The molecule has 1 saturated heterocycles. The molecule has 88 heavy (non-hydrogen) atoms. The number of nitrogens with two attached hydrogens (primary N) is 1. The van der Waals surface area contributed by atoms with E-state index in [1.165, 1.54) is 18.2 Å². The molecule has 472 valence electrons. The van der Waals surface area contributed by atoms with Crippen LogP contribution in [0.5, 0.6) is 5.75 Å². The molecule has 3 unspecified atom stereocenters. The predicted molar refractivity (Wildman–Crippen MR) is 322 cm³/mol. The van der Waals surface area contributed by atoms with Crippen LogP contribution in [0.3, 0.4) is 0 Å². The number of benzene rings is 3. The number of aliphatic hydroxyl groups is 1. The van der Waals surface area contributed by atoms with E-state index in [0.29, 0.717) is 28.5 Å². The summed E-state index contributed by atoms with van der Waals surface area (Å²) in [6.07, 6.45) is 10.1. The lowest BCUT2D eigenvalue weighted by molar-refractivity contribution is -0.437. The summed E-state index contributed by atoms with van der Waals surface area (Å²) in [6.45, 7) is 9.93. The molecule has 4 aromatic rings. The molecular weight excluding hydrogens is 1250 g/mol. The molecule has 1 fully saturated rings. The predicted octanol–water partition coefficient (Wildman–Crippen LogP) is 6.35. The topological polar surface area (TPSA) is 406 Å². The second kappa shape index (κ2) is 26.5. The molecule has 1 aromatic heterocycles. The Morgan fingerprint density at radius 2 is 1.72 bits per heavy atom. The molecule has 4 aliphatic rings. The highest BCUT2D eigenvalue weighted by atomic mass is 32.2. The van der Waals surface area contributed by atoms with Gasteiger partial charge in [-0.05, 0) is 82.9 Å². The SMILES string of the molecule is CCN1c2cc3c(cc2C(C)=CC1(C)C)C(=CC=CC=CC1=[N+](CCCS(=O)(=O)[O-])c2ccc(S(=O)(=O)O)cc2C1(C)CCCC(=O)NCC#Cc1cn([C@H]2C[C@H](O)[C@@H](COP(=O)(O)OP(=O)(O)OP(=O)(O)O)O2)c(=O)nc1N)C=C(c1ccccc1)O3. The Balaban J connectivity index is 0.996. The normalized spacial score (nSPS) is 21.8. The number of ether oxygens (including phenoxy) is 2. The fraction of sp³-hybridized carbons (Fsp3) is 0.357. The van der Waals surface area contributed by atoms with Gasteiger partial charge in [0.15, 0.2) is 5.71 Å². The van der Waals surface area contributed by atoms with Crippen molar-refractivity contribution in [1.82, 2.24) is 14.9 Å². The number of hydrogen-bond donors (Lipinski definition) is 8. The maximum atomic E-state index is 13.4. The number of rotatable bonds is 23. The molecule has 6 atom stereocenters. The van der Waals surface area contributed by atoms with Gasteiger partial charge in [0.25, 0.3) is 10.1 Å².